The zero-order valence-electron chi connectivity index (χ0n) is 22.8. The summed E-state index contributed by atoms with van der Waals surface area (Å²) in [6.07, 6.45) is 1.59. The Morgan fingerprint density at radius 3 is 2.38 bits per heavy atom. The van der Waals surface area contributed by atoms with Crippen molar-refractivity contribution in [2.24, 2.45) is 7.05 Å². The SMILES string of the molecule is COc1ccc(OC)c(C(CNC(=O)CN(C)C(=O)c2cc(NC(=O)NCc3ccccc3)cn2C)C(=O)O)c1. The van der Waals surface area contributed by atoms with Crippen molar-refractivity contribution >= 4 is 29.5 Å². The molecule has 0 bridgehead atoms. The molecule has 0 fully saturated rings. The summed E-state index contributed by atoms with van der Waals surface area (Å²) in [5.74, 6) is -2.48. The third kappa shape index (κ3) is 7.76. The molecule has 212 valence electrons. The number of nitrogens with zero attached hydrogens (tertiary/aromatic N) is 2. The van der Waals surface area contributed by atoms with Crippen LogP contribution >= 0.6 is 0 Å². The Bertz CT molecular complexity index is 1360. The van der Waals surface area contributed by atoms with E-state index in [1.54, 1.807) is 36.0 Å². The summed E-state index contributed by atoms with van der Waals surface area (Å²) in [4.78, 5) is 51.1. The van der Waals surface area contributed by atoms with Crippen LogP contribution in [-0.4, -0.2) is 72.7 Å². The van der Waals surface area contributed by atoms with Crippen molar-refractivity contribution in [2.75, 3.05) is 39.7 Å². The average Bonchev–Trinajstić information content (AvgIpc) is 3.31. The van der Waals surface area contributed by atoms with Crippen LogP contribution in [0.1, 0.15) is 27.5 Å². The predicted molar refractivity (Wildman–Crippen MR) is 148 cm³/mol. The first-order chi connectivity index (χ1) is 19.1. The molecule has 1 unspecified atom stereocenters. The van der Waals surface area contributed by atoms with Gasteiger partial charge in [0.05, 0.1) is 26.5 Å². The van der Waals surface area contributed by atoms with Gasteiger partial charge in [-0.3, -0.25) is 14.4 Å². The summed E-state index contributed by atoms with van der Waals surface area (Å²) in [5.41, 5.74) is 1.94. The van der Waals surface area contributed by atoms with Gasteiger partial charge in [-0.2, -0.15) is 0 Å². The number of aliphatic carboxylic acids is 1. The molecule has 12 nitrogen and oxygen atoms in total. The Hall–Kier alpha value is -5.00. The number of anilines is 1. The van der Waals surface area contributed by atoms with E-state index in [1.807, 2.05) is 30.3 Å². The van der Waals surface area contributed by atoms with Crippen molar-refractivity contribution in [3.8, 4) is 11.5 Å². The number of carbonyl (C=O) groups is 4. The number of aromatic nitrogens is 1. The fourth-order valence-electron chi connectivity index (χ4n) is 4.00. The largest absolute Gasteiger partial charge is 0.497 e. The summed E-state index contributed by atoms with van der Waals surface area (Å²) in [6, 6.07) is 15.3. The number of rotatable bonds is 12. The minimum Gasteiger partial charge on any atom is -0.497 e. The highest BCUT2D eigenvalue weighted by molar-refractivity contribution is 5.97. The van der Waals surface area contributed by atoms with Gasteiger partial charge in [-0.15, -0.1) is 0 Å². The van der Waals surface area contributed by atoms with Gasteiger partial charge in [0.15, 0.2) is 0 Å². The van der Waals surface area contributed by atoms with E-state index in [4.69, 9.17) is 9.47 Å². The Morgan fingerprint density at radius 1 is 1.00 bits per heavy atom. The minimum absolute atomic E-state index is 0.226. The highest BCUT2D eigenvalue weighted by Gasteiger charge is 2.26. The molecule has 1 atom stereocenters. The van der Waals surface area contributed by atoms with Crippen LogP contribution in [0.5, 0.6) is 11.5 Å². The maximum absolute atomic E-state index is 13.0. The number of urea groups is 1. The minimum atomic E-state index is -1.16. The van der Waals surface area contributed by atoms with E-state index in [2.05, 4.69) is 16.0 Å². The Morgan fingerprint density at radius 2 is 1.73 bits per heavy atom. The van der Waals surface area contributed by atoms with E-state index in [0.717, 1.165) is 5.56 Å². The number of ether oxygens (including phenoxy) is 2. The summed E-state index contributed by atoms with van der Waals surface area (Å²) < 4.78 is 12.0. The number of likely N-dealkylation sites (N-methyl/N-ethyl adjacent to an activating group) is 1. The summed E-state index contributed by atoms with van der Waals surface area (Å²) in [5, 5.41) is 17.8. The van der Waals surface area contributed by atoms with Gasteiger partial charge >= 0.3 is 12.0 Å². The number of carboxylic acids is 1. The second-order valence-electron chi connectivity index (χ2n) is 8.98. The van der Waals surface area contributed by atoms with Crippen LogP contribution < -0.4 is 25.4 Å². The maximum Gasteiger partial charge on any atom is 0.319 e. The van der Waals surface area contributed by atoms with Crippen molar-refractivity contribution in [2.45, 2.75) is 12.5 Å². The van der Waals surface area contributed by atoms with E-state index < -0.39 is 29.7 Å². The molecule has 0 aliphatic heterocycles. The first-order valence-electron chi connectivity index (χ1n) is 12.3. The maximum atomic E-state index is 13.0. The number of methoxy groups -OCH3 is 2. The standard InChI is InChI=1S/C28H33N5O7/c1-32-16-19(31-28(38)30-14-18-8-6-5-7-9-18)12-23(32)26(35)33(2)17-25(34)29-15-22(27(36)37)21-13-20(39-3)10-11-24(21)40-4/h5-13,16,22H,14-15,17H2,1-4H3,(H,29,34)(H,36,37)(H2,30,31,38). The van der Waals surface area contributed by atoms with E-state index >= 15 is 0 Å². The smallest absolute Gasteiger partial charge is 0.319 e. The number of nitrogens with one attached hydrogen (secondary N) is 3. The molecule has 1 aromatic heterocycles. The number of amides is 4. The van der Waals surface area contributed by atoms with Crippen molar-refractivity contribution in [3.63, 3.8) is 0 Å². The van der Waals surface area contributed by atoms with E-state index in [9.17, 15) is 24.3 Å². The number of hydrogen-bond donors (Lipinski definition) is 4. The molecular formula is C28H33N5O7. The molecular weight excluding hydrogens is 518 g/mol. The monoisotopic (exact) mass is 551 g/mol. The van der Waals surface area contributed by atoms with Crippen LogP contribution in [0.4, 0.5) is 10.5 Å². The average molecular weight is 552 g/mol. The summed E-state index contributed by atoms with van der Waals surface area (Å²) in [6.45, 7) is -0.196. The summed E-state index contributed by atoms with van der Waals surface area (Å²) >= 11 is 0. The van der Waals surface area contributed by atoms with Crippen LogP contribution in [0.2, 0.25) is 0 Å². The van der Waals surface area contributed by atoms with E-state index in [-0.39, 0.29) is 18.8 Å². The lowest BCUT2D eigenvalue weighted by molar-refractivity contribution is -0.138. The van der Waals surface area contributed by atoms with Gasteiger partial charge in [0.2, 0.25) is 5.91 Å². The molecule has 12 heteroatoms. The molecule has 4 amide bonds. The molecule has 0 aliphatic carbocycles. The van der Waals surface area contributed by atoms with Gasteiger partial charge in [-0.05, 0) is 29.8 Å². The molecule has 3 rings (SSSR count). The van der Waals surface area contributed by atoms with Gasteiger partial charge in [0.1, 0.15) is 23.1 Å². The lowest BCUT2D eigenvalue weighted by Gasteiger charge is -2.20. The third-order valence-electron chi connectivity index (χ3n) is 6.12. The summed E-state index contributed by atoms with van der Waals surface area (Å²) in [7, 11) is 5.98. The lowest BCUT2D eigenvalue weighted by Crippen LogP contribution is -2.41. The molecule has 0 aliphatic rings. The number of carboxylic acid groups (broad SMARTS) is 1. The molecule has 2 aromatic carbocycles. The lowest BCUT2D eigenvalue weighted by atomic mass is 9.97. The fourth-order valence-corrected chi connectivity index (χ4v) is 4.00. The zero-order valence-corrected chi connectivity index (χ0v) is 22.8. The van der Waals surface area contributed by atoms with Crippen LogP contribution in [0.3, 0.4) is 0 Å². The Labute approximate surface area is 231 Å². The van der Waals surface area contributed by atoms with Crippen LogP contribution in [0.25, 0.3) is 0 Å². The van der Waals surface area contributed by atoms with Crippen molar-refractivity contribution in [1.29, 1.82) is 0 Å². The number of hydrogen-bond acceptors (Lipinski definition) is 6. The highest BCUT2D eigenvalue weighted by atomic mass is 16.5. The number of aryl methyl sites for hydroxylation is 1. The van der Waals surface area contributed by atoms with Gasteiger partial charge < -0.3 is 40.0 Å². The first kappa shape index (κ1) is 29.6. The molecule has 0 saturated heterocycles. The predicted octanol–water partition coefficient (Wildman–Crippen LogP) is 2.42. The second-order valence-corrected chi connectivity index (χ2v) is 8.98. The van der Waals surface area contributed by atoms with Crippen molar-refractivity contribution < 1.29 is 33.8 Å². The number of benzene rings is 2. The molecule has 0 saturated carbocycles. The van der Waals surface area contributed by atoms with Gasteiger partial charge in [0, 0.05) is 38.9 Å². The second kappa shape index (κ2) is 13.7. The first-order valence-corrected chi connectivity index (χ1v) is 12.3. The number of carbonyl (C=O) groups excluding carboxylic acids is 3. The normalized spacial score (nSPS) is 11.2. The van der Waals surface area contributed by atoms with Gasteiger partial charge in [0.25, 0.3) is 5.91 Å². The highest BCUT2D eigenvalue weighted by Crippen LogP contribution is 2.30. The Balaban J connectivity index is 1.57. The molecule has 4 N–H and O–H groups in total. The van der Waals surface area contributed by atoms with E-state index in [0.29, 0.717) is 29.3 Å². The van der Waals surface area contributed by atoms with Crippen molar-refractivity contribution in [3.05, 3.63) is 77.6 Å². The molecule has 0 spiro atoms. The van der Waals surface area contributed by atoms with Gasteiger partial charge in [-0.1, -0.05) is 30.3 Å². The molecule has 1 heterocycles. The quantitative estimate of drug-likeness (QED) is 0.270. The van der Waals surface area contributed by atoms with E-state index in [1.165, 1.54) is 32.2 Å². The molecule has 0 radical (unpaired) electrons. The van der Waals surface area contributed by atoms with Gasteiger partial charge in [-0.25, -0.2) is 4.79 Å². The zero-order chi connectivity index (χ0) is 29.2. The Kier molecular flexibility index (Phi) is 10.1. The fraction of sp³-hybridized carbons (Fsp3) is 0.286. The molecule has 3 aromatic rings. The van der Waals surface area contributed by atoms with Crippen LogP contribution in [0, 0.1) is 0 Å². The molecule has 40 heavy (non-hydrogen) atoms. The topological polar surface area (TPSA) is 151 Å². The van der Waals surface area contributed by atoms with Crippen LogP contribution in [0.15, 0.2) is 60.8 Å². The third-order valence-corrected chi connectivity index (χ3v) is 6.12. The van der Waals surface area contributed by atoms with Crippen molar-refractivity contribution in [1.82, 2.24) is 20.1 Å². The van der Waals surface area contributed by atoms with Crippen LogP contribution in [-0.2, 0) is 23.2 Å².